The number of carbonyl (C=O) groups is 1. The number of nitrogens with zero attached hydrogens (tertiary/aromatic N) is 2. The van der Waals surface area contributed by atoms with Crippen LogP contribution in [0.15, 0.2) is 72.8 Å². The molecule has 6 nitrogen and oxygen atoms in total. The van der Waals surface area contributed by atoms with Gasteiger partial charge >= 0.3 is 6.18 Å². The van der Waals surface area contributed by atoms with Gasteiger partial charge in [-0.05, 0) is 48.5 Å². The van der Waals surface area contributed by atoms with Gasteiger partial charge in [-0.2, -0.15) is 13.2 Å². The molecule has 0 saturated heterocycles. The van der Waals surface area contributed by atoms with Gasteiger partial charge in [0.1, 0.15) is 12.3 Å². The molecule has 1 aromatic heterocycles. The molecule has 0 aliphatic heterocycles. The predicted octanol–water partition coefficient (Wildman–Crippen LogP) is 5.49. The normalized spacial score (nSPS) is 11.4. The minimum absolute atomic E-state index is 0.172. The lowest BCUT2D eigenvalue weighted by atomic mass is 10.3. The minimum Gasteiger partial charge on any atom is -0.493 e. The number of aromatic nitrogens is 2. The van der Waals surface area contributed by atoms with Gasteiger partial charge in [0.2, 0.25) is 11.7 Å². The maximum atomic E-state index is 13.4. The highest BCUT2D eigenvalue weighted by molar-refractivity contribution is 5.91. The van der Waals surface area contributed by atoms with E-state index in [9.17, 15) is 18.0 Å². The molecule has 0 aliphatic rings. The van der Waals surface area contributed by atoms with Crippen LogP contribution in [-0.4, -0.2) is 22.6 Å². The Bertz CT molecular complexity index is 1250. The van der Waals surface area contributed by atoms with Gasteiger partial charge in [0.25, 0.3) is 0 Å². The first kappa shape index (κ1) is 21.2. The summed E-state index contributed by atoms with van der Waals surface area (Å²) in [5.41, 5.74) is 0.821. The predicted molar refractivity (Wildman–Crippen MR) is 113 cm³/mol. The number of amides is 1. The van der Waals surface area contributed by atoms with Gasteiger partial charge in [-0.15, -0.1) is 0 Å². The van der Waals surface area contributed by atoms with Crippen LogP contribution in [0, 0.1) is 0 Å². The maximum absolute atomic E-state index is 13.4. The third-order valence-corrected chi connectivity index (χ3v) is 4.64. The number of fused-ring (bicyclic) bond motifs is 1. The van der Waals surface area contributed by atoms with E-state index < -0.39 is 24.5 Å². The molecule has 164 valence electrons. The number of benzene rings is 3. The minimum atomic E-state index is -4.68. The molecule has 4 aromatic rings. The fraction of sp³-hybridized carbons (Fsp3) is 0.130. The summed E-state index contributed by atoms with van der Waals surface area (Å²) in [6.45, 7) is -0.533. The third-order valence-electron chi connectivity index (χ3n) is 4.64. The molecule has 0 atom stereocenters. The molecule has 0 saturated carbocycles. The lowest BCUT2D eigenvalue weighted by Gasteiger charge is -2.12. The summed E-state index contributed by atoms with van der Waals surface area (Å²) in [5, 5.41) is 2.60. The zero-order valence-corrected chi connectivity index (χ0v) is 16.9. The smallest absolute Gasteiger partial charge is 0.449 e. The van der Waals surface area contributed by atoms with Crippen LogP contribution in [0.3, 0.4) is 0 Å². The third kappa shape index (κ3) is 4.51. The maximum Gasteiger partial charge on any atom is 0.449 e. The summed E-state index contributed by atoms with van der Waals surface area (Å²) >= 11 is 0. The first-order valence-electron chi connectivity index (χ1n) is 9.58. The molecule has 4 rings (SSSR count). The van der Waals surface area contributed by atoms with E-state index in [0.717, 1.165) is 4.57 Å². The Labute approximate surface area is 181 Å². The first-order chi connectivity index (χ1) is 15.3. The quantitative estimate of drug-likeness (QED) is 0.430. The van der Waals surface area contributed by atoms with Crippen LogP contribution < -0.4 is 14.8 Å². The van der Waals surface area contributed by atoms with E-state index in [4.69, 9.17) is 9.47 Å². The average molecular weight is 441 g/mol. The average Bonchev–Trinajstić information content (AvgIpc) is 3.14. The van der Waals surface area contributed by atoms with E-state index in [1.54, 1.807) is 48.5 Å². The van der Waals surface area contributed by atoms with E-state index in [1.807, 2.05) is 12.1 Å². The number of para-hydroxylation sites is 4. The Balaban J connectivity index is 1.48. The monoisotopic (exact) mass is 441 g/mol. The van der Waals surface area contributed by atoms with Crippen LogP contribution in [0.4, 0.5) is 18.9 Å². The fourth-order valence-corrected chi connectivity index (χ4v) is 3.23. The second-order valence-electron chi connectivity index (χ2n) is 6.83. The Morgan fingerprint density at radius 2 is 1.62 bits per heavy atom. The van der Waals surface area contributed by atoms with Crippen molar-refractivity contribution in [2.75, 3.05) is 12.4 Å². The number of hydrogen-bond donors (Lipinski definition) is 1. The highest BCUT2D eigenvalue weighted by Crippen LogP contribution is 2.32. The number of halogens is 3. The van der Waals surface area contributed by atoms with Crippen molar-refractivity contribution in [2.45, 2.75) is 12.7 Å². The van der Waals surface area contributed by atoms with Crippen LogP contribution in [-0.2, 0) is 17.5 Å². The second kappa shape index (κ2) is 8.62. The summed E-state index contributed by atoms with van der Waals surface area (Å²) in [7, 11) is 1.54. The zero-order valence-electron chi connectivity index (χ0n) is 16.9. The summed E-state index contributed by atoms with van der Waals surface area (Å²) in [6, 6.07) is 19.8. The van der Waals surface area contributed by atoms with Gasteiger partial charge in [-0.3, -0.25) is 4.79 Å². The van der Waals surface area contributed by atoms with Gasteiger partial charge in [-0.1, -0.05) is 24.3 Å². The van der Waals surface area contributed by atoms with Crippen molar-refractivity contribution < 1.29 is 27.4 Å². The van der Waals surface area contributed by atoms with Crippen molar-refractivity contribution in [3.8, 4) is 17.2 Å². The first-order valence-corrected chi connectivity index (χ1v) is 9.58. The molecule has 0 spiro atoms. The Morgan fingerprint density at radius 3 is 2.31 bits per heavy atom. The highest BCUT2D eigenvalue weighted by Gasteiger charge is 2.38. The lowest BCUT2D eigenvalue weighted by molar-refractivity contribution is -0.147. The Kier molecular flexibility index (Phi) is 5.72. The molecule has 0 bridgehead atoms. The highest BCUT2D eigenvalue weighted by atomic mass is 19.4. The van der Waals surface area contributed by atoms with E-state index in [0.29, 0.717) is 22.9 Å². The van der Waals surface area contributed by atoms with Crippen LogP contribution >= 0.6 is 0 Å². The van der Waals surface area contributed by atoms with E-state index in [-0.39, 0.29) is 11.0 Å². The number of carbonyl (C=O) groups excluding carboxylic acids is 1. The number of hydrogen-bond acceptors (Lipinski definition) is 4. The van der Waals surface area contributed by atoms with Gasteiger partial charge in [0.05, 0.1) is 18.1 Å². The molecule has 0 radical (unpaired) electrons. The van der Waals surface area contributed by atoms with Crippen LogP contribution in [0.5, 0.6) is 17.2 Å². The topological polar surface area (TPSA) is 65.4 Å². The molecule has 1 N–H and O–H groups in total. The Morgan fingerprint density at radius 1 is 0.969 bits per heavy atom. The van der Waals surface area contributed by atoms with Crippen molar-refractivity contribution in [3.05, 3.63) is 78.6 Å². The Hall–Kier alpha value is -4.01. The van der Waals surface area contributed by atoms with Crippen molar-refractivity contribution in [1.82, 2.24) is 9.55 Å². The summed E-state index contributed by atoms with van der Waals surface area (Å²) in [6.07, 6.45) is -4.68. The molecule has 9 heteroatoms. The van der Waals surface area contributed by atoms with Gasteiger partial charge in [0, 0.05) is 5.69 Å². The van der Waals surface area contributed by atoms with Crippen LogP contribution in [0.1, 0.15) is 5.82 Å². The molecular formula is C23H18F3N3O3. The van der Waals surface area contributed by atoms with Crippen molar-refractivity contribution in [1.29, 1.82) is 0 Å². The van der Waals surface area contributed by atoms with Gasteiger partial charge < -0.3 is 19.4 Å². The summed E-state index contributed by atoms with van der Waals surface area (Å²) < 4.78 is 52.1. The van der Waals surface area contributed by atoms with Crippen molar-refractivity contribution >= 4 is 22.6 Å². The molecule has 0 unspecified atom stereocenters. The molecule has 3 aromatic carbocycles. The number of anilines is 1. The number of alkyl halides is 3. The van der Waals surface area contributed by atoms with E-state index in [2.05, 4.69) is 10.3 Å². The van der Waals surface area contributed by atoms with Crippen LogP contribution in [0.2, 0.25) is 0 Å². The number of nitrogens with one attached hydrogen (secondary N) is 1. The van der Waals surface area contributed by atoms with E-state index in [1.165, 1.54) is 19.2 Å². The number of rotatable bonds is 6. The largest absolute Gasteiger partial charge is 0.493 e. The molecule has 32 heavy (non-hydrogen) atoms. The fourth-order valence-electron chi connectivity index (χ4n) is 3.23. The zero-order chi connectivity index (χ0) is 22.7. The summed E-state index contributed by atoms with van der Waals surface area (Å²) in [4.78, 5) is 16.1. The number of methoxy groups -OCH3 is 1. The number of imidazole rings is 1. The SMILES string of the molecule is COc1ccccc1Oc1ccc(NC(=O)Cn2c(C(F)(F)F)nc3ccccc32)cc1. The van der Waals surface area contributed by atoms with E-state index >= 15 is 0 Å². The standard InChI is InChI=1S/C23H18F3N3O3/c1-31-19-8-4-5-9-20(19)32-16-12-10-15(11-13-16)27-21(30)14-29-18-7-3-2-6-17(18)28-22(29)23(24,25)26/h2-13H,14H2,1H3,(H,27,30). The molecule has 0 aliphatic carbocycles. The summed E-state index contributed by atoms with van der Waals surface area (Å²) in [5.74, 6) is -0.129. The molecule has 1 heterocycles. The number of ether oxygens (including phenoxy) is 2. The molecular weight excluding hydrogens is 423 g/mol. The van der Waals surface area contributed by atoms with Crippen molar-refractivity contribution in [2.24, 2.45) is 0 Å². The lowest BCUT2D eigenvalue weighted by Crippen LogP contribution is -2.23. The van der Waals surface area contributed by atoms with Crippen LogP contribution in [0.25, 0.3) is 11.0 Å². The van der Waals surface area contributed by atoms with Gasteiger partial charge in [0.15, 0.2) is 11.5 Å². The van der Waals surface area contributed by atoms with Crippen molar-refractivity contribution in [3.63, 3.8) is 0 Å². The second-order valence-corrected chi connectivity index (χ2v) is 6.83. The molecule has 1 amide bonds. The van der Waals surface area contributed by atoms with Gasteiger partial charge in [-0.25, -0.2) is 4.98 Å². The molecule has 0 fully saturated rings.